The summed E-state index contributed by atoms with van der Waals surface area (Å²) >= 11 is 12.3. The lowest BCUT2D eigenvalue weighted by atomic mass is 10.1. The van der Waals surface area contributed by atoms with Crippen molar-refractivity contribution in [2.45, 2.75) is 13.8 Å². The predicted molar refractivity (Wildman–Crippen MR) is 106 cm³/mol. The summed E-state index contributed by atoms with van der Waals surface area (Å²) in [5.74, 6) is 1.95. The number of nitrogens with one attached hydrogen (secondary N) is 2. The van der Waals surface area contributed by atoms with E-state index in [1.807, 2.05) is 44.2 Å². The van der Waals surface area contributed by atoms with Crippen molar-refractivity contribution >= 4 is 45.7 Å². The second-order valence-corrected chi connectivity index (χ2v) is 6.82. The second kappa shape index (κ2) is 6.59. The fraction of sp³-hybridized carbons (Fsp3) is 0.105. The van der Waals surface area contributed by atoms with Gasteiger partial charge in [-0.05, 0) is 44.2 Å². The van der Waals surface area contributed by atoms with Gasteiger partial charge in [-0.25, -0.2) is 9.97 Å². The summed E-state index contributed by atoms with van der Waals surface area (Å²) in [5, 5.41) is 12.8. The van der Waals surface area contributed by atoms with Crippen molar-refractivity contribution in [2.24, 2.45) is 0 Å². The molecule has 0 fully saturated rings. The van der Waals surface area contributed by atoms with E-state index in [4.69, 9.17) is 23.2 Å². The number of para-hydroxylation sites is 1. The first-order valence-electron chi connectivity index (χ1n) is 8.03. The molecular weight excluding hydrogens is 369 g/mol. The number of rotatable bonds is 3. The number of aromatic amines is 1. The van der Waals surface area contributed by atoms with Gasteiger partial charge < -0.3 is 5.32 Å². The summed E-state index contributed by atoms with van der Waals surface area (Å²) in [5.41, 5.74) is 3.50. The Morgan fingerprint density at radius 1 is 0.962 bits per heavy atom. The Hall–Kier alpha value is -2.63. The Morgan fingerprint density at radius 3 is 2.58 bits per heavy atom. The number of fused-ring (bicyclic) bond motifs is 1. The number of anilines is 2. The van der Waals surface area contributed by atoms with Crippen molar-refractivity contribution in [2.75, 3.05) is 5.32 Å². The van der Waals surface area contributed by atoms with Crippen LogP contribution in [0, 0.1) is 13.8 Å². The number of nitrogens with zero attached hydrogens (tertiary/aromatic N) is 3. The van der Waals surface area contributed by atoms with Gasteiger partial charge in [0, 0.05) is 27.2 Å². The van der Waals surface area contributed by atoms with Crippen LogP contribution in [0.4, 0.5) is 11.6 Å². The van der Waals surface area contributed by atoms with Crippen molar-refractivity contribution in [3.8, 4) is 11.4 Å². The zero-order valence-electron chi connectivity index (χ0n) is 14.1. The normalized spacial score (nSPS) is 11.1. The molecule has 2 aromatic heterocycles. The van der Waals surface area contributed by atoms with Crippen molar-refractivity contribution < 1.29 is 0 Å². The van der Waals surface area contributed by atoms with Gasteiger partial charge in [0.2, 0.25) is 0 Å². The van der Waals surface area contributed by atoms with E-state index in [2.05, 4.69) is 25.5 Å². The highest BCUT2D eigenvalue weighted by molar-refractivity contribution is 6.36. The van der Waals surface area contributed by atoms with Crippen LogP contribution >= 0.6 is 23.2 Å². The number of aryl methyl sites for hydroxylation is 1. The molecule has 0 radical (unpaired) electrons. The summed E-state index contributed by atoms with van der Waals surface area (Å²) in [6, 6.07) is 13.2. The molecule has 0 bridgehead atoms. The second-order valence-electron chi connectivity index (χ2n) is 5.97. The zero-order valence-corrected chi connectivity index (χ0v) is 15.7. The summed E-state index contributed by atoms with van der Waals surface area (Å²) in [4.78, 5) is 9.25. The first kappa shape index (κ1) is 16.8. The van der Waals surface area contributed by atoms with E-state index in [0.29, 0.717) is 21.7 Å². The molecule has 2 aromatic carbocycles. The monoisotopic (exact) mass is 383 g/mol. The molecule has 0 unspecified atom stereocenters. The first-order valence-corrected chi connectivity index (χ1v) is 8.79. The van der Waals surface area contributed by atoms with Gasteiger partial charge in [-0.3, -0.25) is 5.10 Å². The fourth-order valence-corrected chi connectivity index (χ4v) is 3.21. The van der Waals surface area contributed by atoms with Crippen LogP contribution in [0.1, 0.15) is 11.3 Å². The van der Waals surface area contributed by atoms with E-state index in [9.17, 15) is 0 Å². The van der Waals surface area contributed by atoms with Crippen LogP contribution in [0.2, 0.25) is 10.0 Å². The molecule has 0 amide bonds. The Kier molecular flexibility index (Phi) is 4.26. The molecule has 7 heteroatoms. The summed E-state index contributed by atoms with van der Waals surface area (Å²) < 4.78 is 0. The van der Waals surface area contributed by atoms with Gasteiger partial charge in [-0.1, -0.05) is 35.3 Å². The van der Waals surface area contributed by atoms with E-state index < -0.39 is 0 Å². The number of H-pyrrole nitrogens is 1. The Labute approximate surface area is 160 Å². The summed E-state index contributed by atoms with van der Waals surface area (Å²) in [6.45, 7) is 3.91. The van der Waals surface area contributed by atoms with Crippen LogP contribution in [0.3, 0.4) is 0 Å². The molecular formula is C19H15Cl2N5. The van der Waals surface area contributed by atoms with Crippen LogP contribution in [0.25, 0.3) is 22.3 Å². The standard InChI is InChI=1S/C19H15Cl2N5/c1-10-11(2)22-18(13-8-7-12(20)9-15(13)21)23-17(10)24-19-14-5-3-4-6-16(14)25-26-19/h3-9H,1-2H3,(H2,22,23,24,25,26). The Morgan fingerprint density at radius 2 is 1.77 bits per heavy atom. The maximum atomic E-state index is 6.33. The molecule has 2 N–H and O–H groups in total. The van der Waals surface area contributed by atoms with Gasteiger partial charge in [-0.15, -0.1) is 0 Å². The van der Waals surface area contributed by atoms with Gasteiger partial charge in [0.15, 0.2) is 11.6 Å². The molecule has 4 aromatic rings. The van der Waals surface area contributed by atoms with E-state index in [1.54, 1.807) is 12.1 Å². The van der Waals surface area contributed by atoms with Crippen LogP contribution in [0.15, 0.2) is 42.5 Å². The first-order chi connectivity index (χ1) is 12.5. The number of aromatic nitrogens is 4. The Bertz CT molecular complexity index is 1120. The highest BCUT2D eigenvalue weighted by Crippen LogP contribution is 2.31. The van der Waals surface area contributed by atoms with Gasteiger partial charge >= 0.3 is 0 Å². The molecule has 2 heterocycles. The minimum Gasteiger partial charge on any atom is -0.323 e. The minimum atomic E-state index is 0.511. The van der Waals surface area contributed by atoms with E-state index in [0.717, 1.165) is 33.5 Å². The van der Waals surface area contributed by atoms with Crippen molar-refractivity contribution in [1.82, 2.24) is 20.2 Å². The van der Waals surface area contributed by atoms with Crippen molar-refractivity contribution in [1.29, 1.82) is 0 Å². The number of hydrogen-bond acceptors (Lipinski definition) is 4. The van der Waals surface area contributed by atoms with Gasteiger partial charge in [0.1, 0.15) is 5.82 Å². The van der Waals surface area contributed by atoms with Gasteiger partial charge in [0.05, 0.1) is 10.5 Å². The van der Waals surface area contributed by atoms with E-state index in [-0.39, 0.29) is 0 Å². The van der Waals surface area contributed by atoms with E-state index in [1.165, 1.54) is 0 Å². The highest BCUT2D eigenvalue weighted by Gasteiger charge is 2.14. The van der Waals surface area contributed by atoms with Crippen LogP contribution in [0.5, 0.6) is 0 Å². The zero-order chi connectivity index (χ0) is 18.3. The highest BCUT2D eigenvalue weighted by atomic mass is 35.5. The van der Waals surface area contributed by atoms with Crippen LogP contribution in [-0.2, 0) is 0 Å². The fourth-order valence-electron chi connectivity index (χ4n) is 2.71. The third-order valence-corrected chi connectivity index (χ3v) is 4.82. The molecule has 0 atom stereocenters. The summed E-state index contributed by atoms with van der Waals surface area (Å²) in [6.07, 6.45) is 0. The van der Waals surface area contributed by atoms with Gasteiger partial charge in [0.25, 0.3) is 0 Å². The molecule has 5 nitrogen and oxygen atoms in total. The van der Waals surface area contributed by atoms with Crippen LogP contribution < -0.4 is 5.32 Å². The number of benzene rings is 2. The van der Waals surface area contributed by atoms with Gasteiger partial charge in [-0.2, -0.15) is 5.10 Å². The van der Waals surface area contributed by atoms with Crippen molar-refractivity contribution in [3.63, 3.8) is 0 Å². The molecule has 0 aliphatic heterocycles. The molecule has 0 saturated carbocycles. The third-order valence-electron chi connectivity index (χ3n) is 4.27. The van der Waals surface area contributed by atoms with Crippen LogP contribution in [-0.4, -0.2) is 20.2 Å². The van der Waals surface area contributed by atoms with E-state index >= 15 is 0 Å². The smallest absolute Gasteiger partial charge is 0.163 e. The minimum absolute atomic E-state index is 0.511. The number of hydrogen-bond donors (Lipinski definition) is 2. The lowest BCUT2D eigenvalue weighted by molar-refractivity contribution is 1.06. The average Bonchev–Trinajstić information content (AvgIpc) is 3.02. The largest absolute Gasteiger partial charge is 0.323 e. The molecule has 0 aliphatic carbocycles. The van der Waals surface area contributed by atoms with Crippen molar-refractivity contribution in [3.05, 3.63) is 63.8 Å². The Balaban J connectivity index is 1.80. The molecule has 4 rings (SSSR count). The molecule has 0 aliphatic rings. The lowest BCUT2D eigenvalue weighted by Crippen LogP contribution is -2.03. The molecule has 0 saturated heterocycles. The maximum Gasteiger partial charge on any atom is 0.163 e. The third kappa shape index (κ3) is 3.00. The lowest BCUT2D eigenvalue weighted by Gasteiger charge is -2.12. The maximum absolute atomic E-state index is 6.33. The SMILES string of the molecule is Cc1nc(-c2ccc(Cl)cc2Cl)nc(Nc2n[nH]c3ccccc23)c1C. The molecule has 0 spiro atoms. The average molecular weight is 384 g/mol. The predicted octanol–water partition coefficient (Wildman–Crippen LogP) is 5.69. The number of halogens is 2. The molecule has 130 valence electrons. The molecule has 26 heavy (non-hydrogen) atoms. The topological polar surface area (TPSA) is 66.5 Å². The quantitative estimate of drug-likeness (QED) is 0.476. The summed E-state index contributed by atoms with van der Waals surface area (Å²) in [7, 11) is 0.